The lowest BCUT2D eigenvalue weighted by Crippen LogP contribution is -2.16. The topological polar surface area (TPSA) is 107 Å². The monoisotopic (exact) mass is 399 g/mol. The molecule has 2 N–H and O–H groups in total. The predicted octanol–water partition coefficient (Wildman–Crippen LogP) is 3.72. The average Bonchev–Trinajstić information content (AvgIpc) is 3.09. The van der Waals surface area contributed by atoms with E-state index in [0.29, 0.717) is 22.9 Å². The van der Waals surface area contributed by atoms with Gasteiger partial charge in [0, 0.05) is 19.7 Å². The van der Waals surface area contributed by atoms with E-state index >= 15 is 0 Å². The Morgan fingerprint density at radius 1 is 1.04 bits per heavy atom. The van der Waals surface area contributed by atoms with E-state index in [4.69, 9.17) is 10.2 Å². The first-order valence-electron chi connectivity index (χ1n) is 8.93. The van der Waals surface area contributed by atoms with Crippen LogP contribution >= 0.6 is 11.8 Å². The molecule has 0 saturated heterocycles. The van der Waals surface area contributed by atoms with Crippen LogP contribution < -0.4 is 10.6 Å². The highest BCUT2D eigenvalue weighted by atomic mass is 32.2. The number of nitrogen functional groups attached to an aromatic ring is 1. The fourth-order valence-corrected chi connectivity index (χ4v) is 3.20. The lowest BCUT2D eigenvalue weighted by Gasteiger charge is -2.18. The van der Waals surface area contributed by atoms with Gasteiger partial charge in [0.25, 0.3) is 5.22 Å². The highest BCUT2D eigenvalue weighted by Crippen LogP contribution is 2.34. The zero-order valence-corrected chi connectivity index (χ0v) is 17.8. The number of anilines is 2. The van der Waals surface area contributed by atoms with E-state index in [1.807, 2.05) is 33.2 Å². The quantitative estimate of drug-likeness (QED) is 0.642. The van der Waals surface area contributed by atoms with Gasteiger partial charge in [0.05, 0.1) is 5.25 Å². The Labute approximate surface area is 169 Å². The number of nitrogens with two attached hydrogens (primary N) is 1. The maximum absolute atomic E-state index is 5.82. The first kappa shape index (κ1) is 20.1. The molecule has 148 valence electrons. The standard InChI is InChI=1S/C19H25N7OS/c1-11(14-21-16(20)23-17(22-14)26(5)6)28-18-25-24-15(27-18)12-7-9-13(10-8-12)19(2,3)4/h7-11H,1-6H3,(H2,20,21,22,23). The van der Waals surface area contributed by atoms with Crippen LogP contribution in [0, 0.1) is 0 Å². The second kappa shape index (κ2) is 7.75. The molecule has 8 nitrogen and oxygen atoms in total. The van der Waals surface area contributed by atoms with Gasteiger partial charge in [0.1, 0.15) is 5.82 Å². The molecule has 1 aromatic carbocycles. The summed E-state index contributed by atoms with van der Waals surface area (Å²) < 4.78 is 5.82. The zero-order chi connectivity index (χ0) is 20.5. The molecule has 0 radical (unpaired) electrons. The molecule has 0 amide bonds. The summed E-state index contributed by atoms with van der Waals surface area (Å²) in [5.41, 5.74) is 8.04. The number of benzene rings is 1. The van der Waals surface area contributed by atoms with Crippen molar-refractivity contribution in [2.45, 2.75) is 43.6 Å². The molecule has 1 atom stereocenters. The van der Waals surface area contributed by atoms with E-state index < -0.39 is 0 Å². The van der Waals surface area contributed by atoms with E-state index in [1.54, 1.807) is 4.90 Å². The second-order valence-electron chi connectivity index (χ2n) is 7.71. The van der Waals surface area contributed by atoms with Crippen LogP contribution in [0.2, 0.25) is 0 Å². The summed E-state index contributed by atoms with van der Waals surface area (Å²) in [7, 11) is 3.71. The van der Waals surface area contributed by atoms with Crippen LogP contribution in [0.3, 0.4) is 0 Å². The van der Waals surface area contributed by atoms with Gasteiger partial charge < -0.3 is 15.1 Å². The highest BCUT2D eigenvalue weighted by molar-refractivity contribution is 7.99. The summed E-state index contributed by atoms with van der Waals surface area (Å²) in [6.45, 7) is 8.50. The third-order valence-corrected chi connectivity index (χ3v) is 5.03. The number of nitrogens with zero attached hydrogens (tertiary/aromatic N) is 6. The fourth-order valence-electron chi connectivity index (χ4n) is 2.47. The van der Waals surface area contributed by atoms with E-state index in [-0.39, 0.29) is 16.6 Å². The van der Waals surface area contributed by atoms with Gasteiger partial charge in [-0.3, -0.25) is 0 Å². The minimum absolute atomic E-state index is 0.0988. The SMILES string of the molecule is CC(Sc1nnc(-c2ccc(C(C)(C)C)cc2)o1)c1nc(N)nc(N(C)C)n1. The minimum atomic E-state index is -0.124. The van der Waals surface area contributed by atoms with Crippen LogP contribution in [-0.4, -0.2) is 39.2 Å². The van der Waals surface area contributed by atoms with Crippen molar-refractivity contribution >= 4 is 23.7 Å². The lowest BCUT2D eigenvalue weighted by molar-refractivity contribution is 0.464. The normalized spacial score (nSPS) is 12.8. The molecule has 2 aromatic heterocycles. The van der Waals surface area contributed by atoms with Gasteiger partial charge >= 0.3 is 0 Å². The lowest BCUT2D eigenvalue weighted by atomic mass is 9.87. The maximum Gasteiger partial charge on any atom is 0.277 e. The first-order chi connectivity index (χ1) is 13.1. The smallest absolute Gasteiger partial charge is 0.277 e. The van der Waals surface area contributed by atoms with E-state index in [0.717, 1.165) is 5.56 Å². The molecular weight excluding hydrogens is 374 g/mol. The van der Waals surface area contributed by atoms with Crippen molar-refractivity contribution < 1.29 is 4.42 Å². The Balaban J connectivity index is 1.76. The van der Waals surface area contributed by atoms with Crippen LogP contribution in [0.25, 0.3) is 11.5 Å². The van der Waals surface area contributed by atoms with Crippen LogP contribution in [0.4, 0.5) is 11.9 Å². The summed E-state index contributed by atoms with van der Waals surface area (Å²) in [4.78, 5) is 14.6. The Bertz CT molecular complexity index is 948. The molecule has 0 saturated carbocycles. The van der Waals surface area contributed by atoms with Gasteiger partial charge in [0.2, 0.25) is 17.8 Å². The summed E-state index contributed by atoms with van der Waals surface area (Å²) in [5, 5.41) is 8.63. The molecule has 3 rings (SSSR count). The molecule has 0 spiro atoms. The zero-order valence-electron chi connectivity index (χ0n) is 17.0. The summed E-state index contributed by atoms with van der Waals surface area (Å²) in [6, 6.07) is 8.18. The minimum Gasteiger partial charge on any atom is -0.411 e. The van der Waals surface area contributed by atoms with Crippen molar-refractivity contribution in [3.05, 3.63) is 35.7 Å². The molecule has 0 aliphatic carbocycles. The number of hydrogen-bond donors (Lipinski definition) is 1. The third kappa shape index (κ3) is 4.59. The van der Waals surface area contributed by atoms with Gasteiger partial charge in [-0.25, -0.2) is 0 Å². The molecule has 1 unspecified atom stereocenters. The van der Waals surface area contributed by atoms with Crippen molar-refractivity contribution in [2.24, 2.45) is 0 Å². The van der Waals surface area contributed by atoms with Gasteiger partial charge in [0.15, 0.2) is 0 Å². The molecular formula is C19H25N7OS. The first-order valence-corrected chi connectivity index (χ1v) is 9.81. The highest BCUT2D eigenvalue weighted by Gasteiger charge is 2.19. The van der Waals surface area contributed by atoms with E-state index in [9.17, 15) is 0 Å². The molecule has 0 fully saturated rings. The summed E-state index contributed by atoms with van der Waals surface area (Å²) in [5.74, 6) is 1.75. The van der Waals surface area contributed by atoms with Crippen molar-refractivity contribution in [2.75, 3.05) is 24.7 Å². The number of rotatable bonds is 5. The Morgan fingerprint density at radius 2 is 1.71 bits per heavy atom. The Hall–Kier alpha value is -2.68. The van der Waals surface area contributed by atoms with Crippen molar-refractivity contribution in [3.8, 4) is 11.5 Å². The average molecular weight is 400 g/mol. The number of thioether (sulfide) groups is 1. The molecule has 2 heterocycles. The number of hydrogen-bond acceptors (Lipinski definition) is 9. The Kier molecular flexibility index (Phi) is 5.55. The van der Waals surface area contributed by atoms with Gasteiger partial charge in [-0.1, -0.05) is 44.7 Å². The van der Waals surface area contributed by atoms with Crippen molar-refractivity contribution in [3.63, 3.8) is 0 Å². The molecule has 9 heteroatoms. The van der Waals surface area contributed by atoms with Gasteiger partial charge in [-0.15, -0.1) is 10.2 Å². The van der Waals surface area contributed by atoms with E-state index in [2.05, 4.69) is 58.1 Å². The Morgan fingerprint density at radius 3 is 2.32 bits per heavy atom. The second-order valence-corrected chi connectivity index (χ2v) is 9.00. The summed E-state index contributed by atoms with van der Waals surface area (Å²) >= 11 is 1.38. The van der Waals surface area contributed by atoms with Crippen molar-refractivity contribution in [1.29, 1.82) is 0 Å². The van der Waals surface area contributed by atoms with Crippen LogP contribution in [0.1, 0.15) is 44.3 Å². The van der Waals surface area contributed by atoms with E-state index in [1.165, 1.54) is 17.3 Å². The van der Waals surface area contributed by atoms with Crippen LogP contribution in [0.15, 0.2) is 33.9 Å². The van der Waals surface area contributed by atoms with Gasteiger partial charge in [-0.05, 0) is 30.0 Å². The summed E-state index contributed by atoms with van der Waals surface area (Å²) in [6.07, 6.45) is 0. The number of aromatic nitrogens is 5. The fraction of sp³-hybridized carbons (Fsp3) is 0.421. The third-order valence-electron chi connectivity index (χ3n) is 4.10. The maximum atomic E-state index is 5.82. The molecule has 0 aliphatic heterocycles. The largest absolute Gasteiger partial charge is 0.411 e. The molecule has 3 aromatic rings. The van der Waals surface area contributed by atoms with Crippen molar-refractivity contribution in [1.82, 2.24) is 25.1 Å². The molecule has 0 aliphatic rings. The molecule has 0 bridgehead atoms. The van der Waals surface area contributed by atoms with Crippen LogP contribution in [0.5, 0.6) is 0 Å². The predicted molar refractivity (Wildman–Crippen MR) is 111 cm³/mol. The van der Waals surface area contributed by atoms with Crippen LogP contribution in [-0.2, 0) is 5.41 Å². The van der Waals surface area contributed by atoms with Gasteiger partial charge in [-0.2, -0.15) is 15.0 Å². The molecule has 28 heavy (non-hydrogen) atoms.